The molecule has 0 aliphatic heterocycles. The molecule has 0 radical (unpaired) electrons. The number of thioether (sulfide) groups is 1. The average Bonchev–Trinajstić information content (AvgIpc) is 2.22. The van der Waals surface area contributed by atoms with Gasteiger partial charge in [-0.1, -0.05) is 0 Å². The Balaban J connectivity index is 2.54. The molecule has 1 atom stereocenters. The minimum Gasteiger partial charge on any atom is -0.508 e. The maximum Gasteiger partial charge on any atom is 0.319 e. The minimum absolute atomic E-state index is 0.212. The van der Waals surface area contributed by atoms with Gasteiger partial charge in [-0.2, -0.15) is 0 Å². The Hall–Kier alpha value is -1.16. The highest BCUT2D eigenvalue weighted by atomic mass is 32.2. The SMILES string of the molecule is CCOC(=O)C(C)Sc1ccc(O)cc1. The lowest BCUT2D eigenvalue weighted by molar-refractivity contribution is -0.142. The van der Waals surface area contributed by atoms with Gasteiger partial charge >= 0.3 is 5.97 Å². The summed E-state index contributed by atoms with van der Waals surface area (Å²) < 4.78 is 4.89. The van der Waals surface area contributed by atoms with Gasteiger partial charge in [0.05, 0.1) is 6.61 Å². The molecule has 82 valence electrons. The molecular formula is C11H14O3S. The molecule has 0 aliphatic rings. The van der Waals surface area contributed by atoms with E-state index in [-0.39, 0.29) is 17.0 Å². The van der Waals surface area contributed by atoms with E-state index in [9.17, 15) is 4.79 Å². The number of phenols is 1. The van der Waals surface area contributed by atoms with E-state index >= 15 is 0 Å². The molecule has 3 nitrogen and oxygen atoms in total. The average molecular weight is 226 g/mol. The number of benzene rings is 1. The van der Waals surface area contributed by atoms with Gasteiger partial charge in [-0.3, -0.25) is 4.79 Å². The summed E-state index contributed by atoms with van der Waals surface area (Å²) in [6.07, 6.45) is 0. The van der Waals surface area contributed by atoms with E-state index in [0.717, 1.165) is 4.90 Å². The summed E-state index contributed by atoms with van der Waals surface area (Å²) in [5, 5.41) is 8.86. The van der Waals surface area contributed by atoms with Crippen molar-refractivity contribution in [2.24, 2.45) is 0 Å². The van der Waals surface area contributed by atoms with Crippen LogP contribution >= 0.6 is 11.8 Å². The van der Waals surface area contributed by atoms with Gasteiger partial charge in [0.1, 0.15) is 11.0 Å². The first-order chi connectivity index (χ1) is 7.13. The fraction of sp³-hybridized carbons (Fsp3) is 0.364. The van der Waals surface area contributed by atoms with Crippen molar-refractivity contribution < 1.29 is 14.6 Å². The number of esters is 1. The topological polar surface area (TPSA) is 46.5 Å². The second-order valence-electron chi connectivity index (χ2n) is 3.01. The summed E-state index contributed by atoms with van der Waals surface area (Å²) in [5.41, 5.74) is 0. The van der Waals surface area contributed by atoms with Crippen LogP contribution in [0.1, 0.15) is 13.8 Å². The van der Waals surface area contributed by atoms with E-state index in [1.165, 1.54) is 11.8 Å². The molecule has 1 rings (SSSR count). The number of hydrogen-bond donors (Lipinski definition) is 1. The number of aromatic hydroxyl groups is 1. The summed E-state index contributed by atoms with van der Waals surface area (Å²) in [5.74, 6) is 0.0127. The van der Waals surface area contributed by atoms with E-state index in [1.807, 2.05) is 0 Å². The summed E-state index contributed by atoms with van der Waals surface area (Å²) in [4.78, 5) is 12.3. The molecule has 0 amide bonds. The zero-order valence-corrected chi connectivity index (χ0v) is 9.58. The third-order valence-corrected chi connectivity index (χ3v) is 2.86. The highest BCUT2D eigenvalue weighted by Crippen LogP contribution is 2.25. The van der Waals surface area contributed by atoms with E-state index in [1.54, 1.807) is 38.1 Å². The first-order valence-electron chi connectivity index (χ1n) is 4.75. The smallest absolute Gasteiger partial charge is 0.319 e. The molecule has 0 heterocycles. The van der Waals surface area contributed by atoms with Crippen LogP contribution in [0.2, 0.25) is 0 Å². The molecule has 1 aromatic carbocycles. The second-order valence-corrected chi connectivity index (χ2v) is 4.42. The van der Waals surface area contributed by atoms with Crippen molar-refractivity contribution >= 4 is 17.7 Å². The second kappa shape index (κ2) is 5.66. The van der Waals surface area contributed by atoms with Gasteiger partial charge in [-0.15, -0.1) is 11.8 Å². The number of rotatable bonds is 4. The van der Waals surface area contributed by atoms with Gasteiger partial charge < -0.3 is 9.84 Å². The predicted molar refractivity (Wildman–Crippen MR) is 60.1 cm³/mol. The molecule has 0 spiro atoms. The van der Waals surface area contributed by atoms with Crippen molar-refractivity contribution in [3.8, 4) is 5.75 Å². The van der Waals surface area contributed by atoms with Gasteiger partial charge in [0.15, 0.2) is 0 Å². The van der Waals surface area contributed by atoms with Crippen LogP contribution < -0.4 is 0 Å². The fourth-order valence-corrected chi connectivity index (χ4v) is 1.90. The molecule has 0 aliphatic carbocycles. The lowest BCUT2D eigenvalue weighted by atomic mass is 10.3. The molecule has 1 unspecified atom stereocenters. The Morgan fingerprint density at radius 3 is 2.60 bits per heavy atom. The van der Waals surface area contributed by atoms with Crippen LogP contribution in [0.5, 0.6) is 5.75 Å². The molecule has 15 heavy (non-hydrogen) atoms. The van der Waals surface area contributed by atoms with E-state index in [4.69, 9.17) is 9.84 Å². The molecule has 1 aromatic rings. The summed E-state index contributed by atoms with van der Waals surface area (Å²) >= 11 is 1.41. The minimum atomic E-state index is -0.227. The highest BCUT2D eigenvalue weighted by Gasteiger charge is 2.14. The van der Waals surface area contributed by atoms with Crippen LogP contribution in [0.15, 0.2) is 29.2 Å². The standard InChI is InChI=1S/C11H14O3S/c1-3-14-11(13)8(2)15-10-6-4-9(12)5-7-10/h4-8,12H,3H2,1-2H3. The van der Waals surface area contributed by atoms with Crippen LogP contribution in [0.25, 0.3) is 0 Å². The quantitative estimate of drug-likeness (QED) is 0.632. The van der Waals surface area contributed by atoms with Gasteiger partial charge in [0, 0.05) is 4.90 Å². The zero-order valence-electron chi connectivity index (χ0n) is 8.77. The molecule has 0 fully saturated rings. The number of carbonyl (C=O) groups excluding carboxylic acids is 1. The Labute approximate surface area is 93.4 Å². The normalized spacial score (nSPS) is 12.1. The third kappa shape index (κ3) is 3.83. The Bertz CT molecular complexity index is 321. The largest absolute Gasteiger partial charge is 0.508 e. The van der Waals surface area contributed by atoms with Crippen LogP contribution in [-0.4, -0.2) is 22.9 Å². The van der Waals surface area contributed by atoms with E-state index in [2.05, 4.69) is 0 Å². The number of ether oxygens (including phenoxy) is 1. The third-order valence-electron chi connectivity index (χ3n) is 1.77. The predicted octanol–water partition coefficient (Wildman–Crippen LogP) is 2.44. The van der Waals surface area contributed by atoms with Crippen LogP contribution in [0.4, 0.5) is 0 Å². The molecule has 1 N–H and O–H groups in total. The Morgan fingerprint density at radius 1 is 1.47 bits per heavy atom. The van der Waals surface area contributed by atoms with E-state index in [0.29, 0.717) is 6.61 Å². The molecule has 0 aromatic heterocycles. The maximum absolute atomic E-state index is 11.3. The van der Waals surface area contributed by atoms with Crippen molar-refractivity contribution in [1.82, 2.24) is 0 Å². The maximum atomic E-state index is 11.3. The van der Waals surface area contributed by atoms with Crippen LogP contribution in [0.3, 0.4) is 0 Å². The highest BCUT2D eigenvalue weighted by molar-refractivity contribution is 8.00. The number of carbonyl (C=O) groups is 1. The molecule has 0 saturated heterocycles. The summed E-state index contributed by atoms with van der Waals surface area (Å²) in [6, 6.07) is 6.74. The zero-order chi connectivity index (χ0) is 11.3. The van der Waals surface area contributed by atoms with Crippen LogP contribution in [0, 0.1) is 0 Å². The molecule has 4 heteroatoms. The van der Waals surface area contributed by atoms with Gasteiger partial charge in [-0.25, -0.2) is 0 Å². The van der Waals surface area contributed by atoms with Crippen molar-refractivity contribution in [2.75, 3.05) is 6.61 Å². The fourth-order valence-electron chi connectivity index (χ4n) is 1.04. The molecular weight excluding hydrogens is 212 g/mol. The van der Waals surface area contributed by atoms with Gasteiger partial charge in [-0.05, 0) is 38.1 Å². The number of hydrogen-bond acceptors (Lipinski definition) is 4. The van der Waals surface area contributed by atoms with Gasteiger partial charge in [0.2, 0.25) is 0 Å². The van der Waals surface area contributed by atoms with Crippen molar-refractivity contribution in [1.29, 1.82) is 0 Å². The van der Waals surface area contributed by atoms with Crippen molar-refractivity contribution in [3.63, 3.8) is 0 Å². The summed E-state index contributed by atoms with van der Waals surface area (Å²) in [7, 11) is 0. The lowest BCUT2D eigenvalue weighted by Crippen LogP contribution is -2.16. The van der Waals surface area contributed by atoms with Crippen LogP contribution in [-0.2, 0) is 9.53 Å². The lowest BCUT2D eigenvalue weighted by Gasteiger charge is -2.09. The van der Waals surface area contributed by atoms with Crippen molar-refractivity contribution in [3.05, 3.63) is 24.3 Å². The van der Waals surface area contributed by atoms with E-state index < -0.39 is 0 Å². The van der Waals surface area contributed by atoms with Gasteiger partial charge in [0.25, 0.3) is 0 Å². The monoisotopic (exact) mass is 226 g/mol. The first-order valence-corrected chi connectivity index (χ1v) is 5.63. The molecule has 0 bridgehead atoms. The summed E-state index contributed by atoms with van der Waals surface area (Å²) in [6.45, 7) is 3.99. The van der Waals surface area contributed by atoms with Crippen molar-refractivity contribution in [2.45, 2.75) is 24.0 Å². The first kappa shape index (κ1) is 11.9. The molecule has 0 saturated carbocycles. The Morgan fingerprint density at radius 2 is 2.07 bits per heavy atom. The Kier molecular flexibility index (Phi) is 4.49. The number of phenolic OH excluding ortho intramolecular Hbond substituents is 1.